The van der Waals surface area contributed by atoms with Crippen LogP contribution in [0.5, 0.6) is 0 Å². The van der Waals surface area contributed by atoms with E-state index in [1.54, 1.807) is 30.5 Å². The van der Waals surface area contributed by atoms with Gasteiger partial charge in [0, 0.05) is 44.5 Å². The summed E-state index contributed by atoms with van der Waals surface area (Å²) in [6, 6.07) is 8.07. The second kappa shape index (κ2) is 9.03. The van der Waals surface area contributed by atoms with Gasteiger partial charge in [-0.1, -0.05) is 6.07 Å². The largest absolute Gasteiger partial charge is 0.466 e. The number of esters is 1. The summed E-state index contributed by atoms with van der Waals surface area (Å²) in [4.78, 5) is 42.2. The molecule has 2 aromatic rings. The van der Waals surface area contributed by atoms with E-state index >= 15 is 0 Å². The monoisotopic (exact) mass is 411 g/mol. The Kier molecular flexibility index (Phi) is 6.26. The number of benzene rings is 1. The highest BCUT2D eigenvalue weighted by molar-refractivity contribution is 5.97. The highest BCUT2D eigenvalue weighted by Gasteiger charge is 2.26. The molecular weight excluding hydrogens is 390 g/mol. The number of hydrogen-bond acceptors (Lipinski definition) is 8. The van der Waals surface area contributed by atoms with Gasteiger partial charge in [0.1, 0.15) is 11.5 Å². The van der Waals surface area contributed by atoms with Crippen molar-refractivity contribution in [2.45, 2.75) is 0 Å². The van der Waals surface area contributed by atoms with Crippen LogP contribution in [0.1, 0.15) is 15.9 Å². The van der Waals surface area contributed by atoms with E-state index in [2.05, 4.69) is 9.72 Å². The molecule has 0 radical (unpaired) electrons. The van der Waals surface area contributed by atoms with Gasteiger partial charge in [-0.15, -0.1) is 0 Å². The molecule has 0 unspecified atom stereocenters. The van der Waals surface area contributed by atoms with Gasteiger partial charge in [0.2, 0.25) is 0 Å². The summed E-state index contributed by atoms with van der Waals surface area (Å²) < 4.78 is 4.53. The van der Waals surface area contributed by atoms with Crippen molar-refractivity contribution in [2.75, 3.05) is 43.1 Å². The van der Waals surface area contributed by atoms with E-state index in [9.17, 15) is 19.7 Å². The summed E-state index contributed by atoms with van der Waals surface area (Å²) in [6.45, 7) is 2.07. The zero-order valence-corrected chi connectivity index (χ0v) is 16.4. The van der Waals surface area contributed by atoms with Gasteiger partial charge in [0.25, 0.3) is 11.6 Å². The molecule has 0 aliphatic carbocycles. The number of nitrogens with two attached hydrogens (primary N) is 1. The minimum atomic E-state index is -0.549. The van der Waals surface area contributed by atoms with Crippen molar-refractivity contribution in [1.29, 1.82) is 0 Å². The van der Waals surface area contributed by atoms with E-state index in [0.29, 0.717) is 48.8 Å². The number of methoxy groups -OCH3 is 1. The van der Waals surface area contributed by atoms with Crippen LogP contribution in [-0.4, -0.2) is 55.1 Å². The lowest BCUT2D eigenvalue weighted by atomic mass is 10.1. The molecule has 0 bridgehead atoms. The zero-order chi connectivity index (χ0) is 21.7. The molecule has 1 amide bonds. The van der Waals surface area contributed by atoms with Crippen molar-refractivity contribution in [2.24, 2.45) is 5.73 Å². The second-order valence-corrected chi connectivity index (χ2v) is 6.57. The van der Waals surface area contributed by atoms with Crippen molar-refractivity contribution < 1.29 is 19.2 Å². The van der Waals surface area contributed by atoms with Crippen molar-refractivity contribution in [3.05, 3.63) is 63.8 Å². The number of nitro groups is 1. The molecule has 3 rings (SSSR count). The molecule has 1 aliphatic heterocycles. The number of primary amides is 1. The second-order valence-electron chi connectivity index (χ2n) is 6.57. The molecular formula is C20H21N5O5. The first-order valence-corrected chi connectivity index (χ1v) is 9.20. The molecule has 1 fully saturated rings. The van der Waals surface area contributed by atoms with Crippen LogP contribution in [0.2, 0.25) is 0 Å². The number of carbonyl (C=O) groups excluding carboxylic acids is 2. The molecule has 1 aliphatic rings. The normalized spacial score (nSPS) is 14.0. The fourth-order valence-electron chi connectivity index (χ4n) is 3.29. The van der Waals surface area contributed by atoms with Gasteiger partial charge in [-0.25, -0.2) is 9.78 Å². The Hall–Kier alpha value is -3.95. The van der Waals surface area contributed by atoms with Crippen LogP contribution >= 0.6 is 0 Å². The number of nitro benzene ring substituents is 1. The molecule has 10 nitrogen and oxygen atoms in total. The number of aromatic nitrogens is 1. The average molecular weight is 411 g/mol. The first-order chi connectivity index (χ1) is 14.4. The minimum Gasteiger partial charge on any atom is -0.466 e. The van der Waals surface area contributed by atoms with Gasteiger partial charge in [0.15, 0.2) is 0 Å². The fourth-order valence-corrected chi connectivity index (χ4v) is 3.29. The van der Waals surface area contributed by atoms with E-state index < -0.39 is 16.8 Å². The Balaban J connectivity index is 1.78. The molecule has 1 saturated heterocycles. The van der Waals surface area contributed by atoms with E-state index in [0.717, 1.165) is 0 Å². The van der Waals surface area contributed by atoms with Crippen LogP contribution in [0.25, 0.3) is 6.08 Å². The molecule has 0 saturated carbocycles. The smallest absolute Gasteiger partial charge is 0.330 e. The quantitative estimate of drug-likeness (QED) is 0.328. The Bertz CT molecular complexity index is 999. The third-order valence-electron chi connectivity index (χ3n) is 4.78. The Morgan fingerprint density at radius 1 is 1.20 bits per heavy atom. The topological polar surface area (TPSA) is 132 Å². The Labute approximate surface area is 172 Å². The maximum atomic E-state index is 11.7. The zero-order valence-electron chi connectivity index (χ0n) is 16.4. The first-order valence-electron chi connectivity index (χ1n) is 9.20. The van der Waals surface area contributed by atoms with Crippen LogP contribution in [0.4, 0.5) is 17.2 Å². The lowest BCUT2D eigenvalue weighted by Crippen LogP contribution is -2.47. The number of ether oxygens (including phenoxy) is 1. The molecule has 2 heterocycles. The maximum Gasteiger partial charge on any atom is 0.330 e. The third-order valence-corrected chi connectivity index (χ3v) is 4.78. The predicted octanol–water partition coefficient (Wildman–Crippen LogP) is 1.60. The molecule has 10 heteroatoms. The van der Waals surface area contributed by atoms with Gasteiger partial charge in [0.05, 0.1) is 17.6 Å². The SMILES string of the molecule is COC(=O)/C=C/c1ccc(N2CCN(c3ncccc3C(N)=O)CC2)c([N+](=O)[O-])c1. The molecule has 2 N–H and O–H groups in total. The van der Waals surface area contributed by atoms with Crippen molar-refractivity contribution in [1.82, 2.24) is 4.98 Å². The number of carbonyl (C=O) groups is 2. The summed E-state index contributed by atoms with van der Waals surface area (Å²) in [6.07, 6.45) is 4.27. The van der Waals surface area contributed by atoms with E-state index in [1.165, 1.54) is 25.3 Å². The highest BCUT2D eigenvalue weighted by Crippen LogP contribution is 2.31. The molecule has 1 aromatic heterocycles. The molecule has 0 spiro atoms. The summed E-state index contributed by atoms with van der Waals surface area (Å²) in [5.74, 6) is -0.572. The summed E-state index contributed by atoms with van der Waals surface area (Å²) in [7, 11) is 1.26. The number of anilines is 2. The summed E-state index contributed by atoms with van der Waals surface area (Å²) >= 11 is 0. The number of piperazine rings is 1. The highest BCUT2D eigenvalue weighted by atomic mass is 16.6. The van der Waals surface area contributed by atoms with Gasteiger partial charge in [-0.05, 0) is 29.8 Å². The van der Waals surface area contributed by atoms with Crippen molar-refractivity contribution >= 4 is 35.1 Å². The van der Waals surface area contributed by atoms with Crippen molar-refractivity contribution in [3.8, 4) is 0 Å². The van der Waals surface area contributed by atoms with Gasteiger partial charge in [-0.3, -0.25) is 14.9 Å². The van der Waals surface area contributed by atoms with Gasteiger partial charge < -0.3 is 20.3 Å². The lowest BCUT2D eigenvalue weighted by Gasteiger charge is -2.36. The minimum absolute atomic E-state index is 0.0499. The lowest BCUT2D eigenvalue weighted by molar-refractivity contribution is -0.384. The molecule has 30 heavy (non-hydrogen) atoms. The third kappa shape index (κ3) is 4.54. The van der Waals surface area contributed by atoms with Crippen LogP contribution < -0.4 is 15.5 Å². The van der Waals surface area contributed by atoms with Gasteiger partial charge >= 0.3 is 5.97 Å². The average Bonchev–Trinajstić information content (AvgIpc) is 2.77. The van der Waals surface area contributed by atoms with E-state index in [-0.39, 0.29) is 5.69 Å². The summed E-state index contributed by atoms with van der Waals surface area (Å²) in [5.41, 5.74) is 6.74. The maximum absolute atomic E-state index is 11.7. The number of pyridine rings is 1. The molecule has 0 atom stereocenters. The van der Waals surface area contributed by atoms with E-state index in [1.807, 2.05) is 9.80 Å². The Morgan fingerprint density at radius 2 is 1.90 bits per heavy atom. The van der Waals surface area contributed by atoms with Gasteiger partial charge in [-0.2, -0.15) is 0 Å². The first kappa shape index (κ1) is 20.8. The fraction of sp³-hybridized carbons (Fsp3) is 0.250. The number of hydrogen-bond donors (Lipinski definition) is 1. The number of amides is 1. The summed E-state index contributed by atoms with van der Waals surface area (Å²) in [5, 5.41) is 11.6. The van der Waals surface area contributed by atoms with Crippen LogP contribution in [0.15, 0.2) is 42.6 Å². The number of rotatable bonds is 6. The molecule has 1 aromatic carbocycles. The molecule has 156 valence electrons. The van der Waals surface area contributed by atoms with Crippen LogP contribution in [-0.2, 0) is 9.53 Å². The van der Waals surface area contributed by atoms with Crippen LogP contribution in [0.3, 0.4) is 0 Å². The Morgan fingerprint density at radius 3 is 2.53 bits per heavy atom. The number of nitrogens with zero attached hydrogens (tertiary/aromatic N) is 4. The van der Waals surface area contributed by atoms with Crippen LogP contribution in [0, 0.1) is 10.1 Å². The predicted molar refractivity (Wildman–Crippen MR) is 111 cm³/mol. The van der Waals surface area contributed by atoms with E-state index in [4.69, 9.17) is 5.73 Å². The standard InChI is InChI=1S/C20H21N5O5/c1-30-18(26)7-5-14-4-6-16(17(13-14)25(28)29)23-9-11-24(12-10-23)20-15(19(21)27)3-2-8-22-20/h2-8,13H,9-12H2,1H3,(H2,21,27)/b7-5+. The van der Waals surface area contributed by atoms with Crippen molar-refractivity contribution in [3.63, 3.8) is 0 Å².